The number of pyridine rings is 1. The quantitative estimate of drug-likeness (QED) is 0.897. The third-order valence-electron chi connectivity index (χ3n) is 3.52. The lowest BCUT2D eigenvalue weighted by Crippen LogP contribution is -2.19. The third-order valence-corrected chi connectivity index (χ3v) is 3.52. The molecule has 1 saturated heterocycles. The van der Waals surface area contributed by atoms with Crippen molar-refractivity contribution in [1.29, 1.82) is 0 Å². The Morgan fingerprint density at radius 1 is 1.33 bits per heavy atom. The molecule has 0 saturated carbocycles. The molecule has 1 aliphatic heterocycles. The van der Waals surface area contributed by atoms with E-state index < -0.39 is 0 Å². The summed E-state index contributed by atoms with van der Waals surface area (Å²) in [5.74, 6) is 0. The van der Waals surface area contributed by atoms with Gasteiger partial charge in [-0.1, -0.05) is 12.1 Å². The summed E-state index contributed by atoms with van der Waals surface area (Å²) < 4.78 is 5.82. The summed E-state index contributed by atoms with van der Waals surface area (Å²) in [5.41, 5.74) is 1.16. The normalized spacial score (nSPS) is 23.4. The SMILES string of the molecule is CC1CCC(CNc2cccc3cnccc23)O1. The first-order valence-electron chi connectivity index (χ1n) is 6.55. The lowest BCUT2D eigenvalue weighted by Gasteiger charge is -2.14. The highest BCUT2D eigenvalue weighted by Gasteiger charge is 2.21. The zero-order valence-electron chi connectivity index (χ0n) is 10.6. The molecule has 94 valence electrons. The van der Waals surface area contributed by atoms with Crippen LogP contribution in [0, 0.1) is 0 Å². The van der Waals surface area contributed by atoms with Crippen molar-refractivity contribution >= 4 is 16.5 Å². The maximum absolute atomic E-state index is 5.82. The van der Waals surface area contributed by atoms with Crippen LogP contribution in [0.25, 0.3) is 10.8 Å². The number of aromatic nitrogens is 1. The van der Waals surface area contributed by atoms with Crippen molar-refractivity contribution in [1.82, 2.24) is 4.98 Å². The molecular formula is C15H18N2O. The third kappa shape index (κ3) is 2.31. The molecular weight excluding hydrogens is 224 g/mol. The van der Waals surface area contributed by atoms with E-state index in [4.69, 9.17) is 4.74 Å². The summed E-state index contributed by atoms with van der Waals surface area (Å²) in [5, 5.41) is 5.89. The van der Waals surface area contributed by atoms with Crippen molar-refractivity contribution in [3.8, 4) is 0 Å². The van der Waals surface area contributed by atoms with Gasteiger partial charge >= 0.3 is 0 Å². The van der Waals surface area contributed by atoms with Crippen LogP contribution in [0.2, 0.25) is 0 Å². The molecule has 1 fully saturated rings. The number of hydrogen-bond donors (Lipinski definition) is 1. The van der Waals surface area contributed by atoms with Gasteiger partial charge in [0.25, 0.3) is 0 Å². The zero-order valence-corrected chi connectivity index (χ0v) is 10.6. The van der Waals surface area contributed by atoms with Gasteiger partial charge in [-0.25, -0.2) is 0 Å². The first-order chi connectivity index (χ1) is 8.83. The first-order valence-corrected chi connectivity index (χ1v) is 6.55. The Morgan fingerprint density at radius 2 is 2.28 bits per heavy atom. The van der Waals surface area contributed by atoms with Crippen LogP contribution in [0.15, 0.2) is 36.7 Å². The summed E-state index contributed by atoms with van der Waals surface area (Å²) >= 11 is 0. The van der Waals surface area contributed by atoms with Crippen molar-refractivity contribution in [3.63, 3.8) is 0 Å². The Labute approximate surface area is 107 Å². The molecule has 1 aromatic heterocycles. The second-order valence-electron chi connectivity index (χ2n) is 4.93. The largest absolute Gasteiger partial charge is 0.382 e. The maximum Gasteiger partial charge on any atom is 0.0751 e. The van der Waals surface area contributed by atoms with Crippen LogP contribution in [0.3, 0.4) is 0 Å². The highest BCUT2D eigenvalue weighted by molar-refractivity contribution is 5.93. The van der Waals surface area contributed by atoms with Gasteiger partial charge in [0.2, 0.25) is 0 Å². The lowest BCUT2D eigenvalue weighted by molar-refractivity contribution is 0.0637. The molecule has 2 heterocycles. The van der Waals surface area contributed by atoms with Gasteiger partial charge in [-0.3, -0.25) is 4.98 Å². The number of hydrogen-bond acceptors (Lipinski definition) is 3. The summed E-state index contributed by atoms with van der Waals surface area (Å²) in [4.78, 5) is 4.15. The molecule has 1 N–H and O–H groups in total. The van der Waals surface area contributed by atoms with Gasteiger partial charge in [0.15, 0.2) is 0 Å². The fourth-order valence-corrected chi connectivity index (χ4v) is 2.54. The summed E-state index contributed by atoms with van der Waals surface area (Å²) in [7, 11) is 0. The number of nitrogens with zero attached hydrogens (tertiary/aromatic N) is 1. The minimum atomic E-state index is 0.345. The average molecular weight is 242 g/mol. The van der Waals surface area contributed by atoms with E-state index in [0.29, 0.717) is 12.2 Å². The predicted molar refractivity (Wildman–Crippen MR) is 73.8 cm³/mol. The van der Waals surface area contributed by atoms with Crippen molar-refractivity contribution in [2.45, 2.75) is 32.0 Å². The van der Waals surface area contributed by atoms with E-state index in [0.717, 1.165) is 18.7 Å². The van der Waals surface area contributed by atoms with Crippen LogP contribution in [-0.4, -0.2) is 23.7 Å². The minimum absolute atomic E-state index is 0.345. The maximum atomic E-state index is 5.82. The minimum Gasteiger partial charge on any atom is -0.382 e. The molecule has 3 rings (SSSR count). The van der Waals surface area contributed by atoms with Gasteiger partial charge in [-0.15, -0.1) is 0 Å². The molecule has 0 radical (unpaired) electrons. The van der Waals surface area contributed by atoms with E-state index in [1.807, 2.05) is 12.4 Å². The molecule has 1 aliphatic rings. The van der Waals surface area contributed by atoms with Crippen LogP contribution in [0.5, 0.6) is 0 Å². The van der Waals surface area contributed by atoms with Crippen molar-refractivity contribution in [3.05, 3.63) is 36.7 Å². The van der Waals surface area contributed by atoms with E-state index in [2.05, 4.69) is 41.5 Å². The second kappa shape index (κ2) is 4.94. The molecule has 0 spiro atoms. The van der Waals surface area contributed by atoms with Crippen LogP contribution >= 0.6 is 0 Å². The highest BCUT2D eigenvalue weighted by atomic mass is 16.5. The monoisotopic (exact) mass is 242 g/mol. The number of nitrogens with one attached hydrogen (secondary N) is 1. The molecule has 18 heavy (non-hydrogen) atoms. The van der Waals surface area contributed by atoms with E-state index in [1.165, 1.54) is 17.2 Å². The molecule has 0 aliphatic carbocycles. The molecule has 2 atom stereocenters. The Balaban J connectivity index is 1.74. The van der Waals surface area contributed by atoms with Gasteiger partial charge in [0, 0.05) is 35.4 Å². The molecule has 2 unspecified atom stereocenters. The summed E-state index contributed by atoms with van der Waals surface area (Å²) in [6.45, 7) is 3.02. The van der Waals surface area contributed by atoms with Crippen LogP contribution in [-0.2, 0) is 4.74 Å². The summed E-state index contributed by atoms with van der Waals surface area (Å²) in [6.07, 6.45) is 6.81. The number of anilines is 1. The van der Waals surface area contributed by atoms with Gasteiger partial charge in [-0.2, -0.15) is 0 Å². The van der Waals surface area contributed by atoms with Gasteiger partial charge in [0.05, 0.1) is 12.2 Å². The topological polar surface area (TPSA) is 34.2 Å². The molecule has 0 amide bonds. The van der Waals surface area contributed by atoms with Gasteiger partial charge in [-0.05, 0) is 31.9 Å². The summed E-state index contributed by atoms with van der Waals surface area (Å²) in [6, 6.07) is 8.31. The molecule has 0 bridgehead atoms. The molecule has 3 heteroatoms. The van der Waals surface area contributed by atoms with Gasteiger partial charge in [0.1, 0.15) is 0 Å². The van der Waals surface area contributed by atoms with Crippen molar-refractivity contribution in [2.75, 3.05) is 11.9 Å². The fraction of sp³-hybridized carbons (Fsp3) is 0.400. The predicted octanol–water partition coefficient (Wildman–Crippen LogP) is 3.21. The lowest BCUT2D eigenvalue weighted by atomic mass is 10.1. The fourth-order valence-electron chi connectivity index (χ4n) is 2.54. The number of rotatable bonds is 3. The first kappa shape index (κ1) is 11.5. The standard InChI is InChI=1S/C15H18N2O/c1-11-5-6-13(18-11)10-17-15-4-2-3-12-9-16-8-7-14(12)15/h2-4,7-9,11,13,17H,5-6,10H2,1H3. The highest BCUT2D eigenvalue weighted by Crippen LogP contribution is 2.24. The number of fused-ring (bicyclic) bond motifs is 1. The van der Waals surface area contributed by atoms with Gasteiger partial charge < -0.3 is 10.1 Å². The van der Waals surface area contributed by atoms with Crippen LogP contribution in [0.4, 0.5) is 5.69 Å². The Hall–Kier alpha value is -1.61. The van der Waals surface area contributed by atoms with E-state index >= 15 is 0 Å². The number of benzene rings is 1. The Bertz CT molecular complexity index is 536. The second-order valence-corrected chi connectivity index (χ2v) is 4.93. The van der Waals surface area contributed by atoms with Crippen molar-refractivity contribution in [2.24, 2.45) is 0 Å². The Kier molecular flexibility index (Phi) is 3.15. The van der Waals surface area contributed by atoms with Crippen LogP contribution in [0.1, 0.15) is 19.8 Å². The van der Waals surface area contributed by atoms with E-state index in [9.17, 15) is 0 Å². The van der Waals surface area contributed by atoms with Crippen LogP contribution < -0.4 is 5.32 Å². The molecule has 1 aromatic carbocycles. The average Bonchev–Trinajstić information content (AvgIpc) is 2.82. The van der Waals surface area contributed by atoms with Crippen molar-refractivity contribution < 1.29 is 4.74 Å². The van der Waals surface area contributed by atoms with E-state index in [-0.39, 0.29) is 0 Å². The smallest absolute Gasteiger partial charge is 0.0751 e. The Morgan fingerprint density at radius 3 is 3.11 bits per heavy atom. The molecule has 3 nitrogen and oxygen atoms in total. The number of ether oxygens (including phenoxy) is 1. The zero-order chi connectivity index (χ0) is 12.4. The molecule has 2 aromatic rings. The van der Waals surface area contributed by atoms with E-state index in [1.54, 1.807) is 0 Å².